The predicted molar refractivity (Wildman–Crippen MR) is 66.3 cm³/mol. The molecule has 0 aliphatic heterocycles. The van der Waals surface area contributed by atoms with E-state index in [2.05, 4.69) is 6.92 Å². The summed E-state index contributed by atoms with van der Waals surface area (Å²) >= 11 is 0. The fraction of sp³-hybridized carbons (Fsp3) is 0.833. The standard InChI is InChI=1S/C9H18O3.C3H6O3/c1-3-4-5-6-7-9(2,12)8(10)11;1-2(4)3(5)6/h12H,3-7H2,1-2H3,(H,10,11);2,4H,1H3,(H,5,6). The highest BCUT2D eigenvalue weighted by molar-refractivity contribution is 5.76. The smallest absolute Gasteiger partial charge is 0.335 e. The first-order valence-electron chi connectivity index (χ1n) is 6.01. The van der Waals surface area contributed by atoms with Crippen LogP contribution in [0.2, 0.25) is 0 Å². The number of unbranched alkanes of at least 4 members (excludes halogenated alkanes) is 3. The molecule has 0 aliphatic carbocycles. The van der Waals surface area contributed by atoms with Gasteiger partial charge in [0.1, 0.15) is 6.10 Å². The van der Waals surface area contributed by atoms with Crippen LogP contribution in [0.25, 0.3) is 0 Å². The average molecular weight is 264 g/mol. The Morgan fingerprint density at radius 1 is 1.17 bits per heavy atom. The second-order valence-electron chi connectivity index (χ2n) is 4.40. The molecule has 0 rings (SSSR count). The number of carbonyl (C=O) groups is 2. The third-order valence-corrected chi connectivity index (χ3v) is 2.34. The first kappa shape index (κ1) is 19.2. The number of aliphatic hydroxyl groups is 2. The number of rotatable bonds is 7. The van der Waals surface area contributed by atoms with Crippen LogP contribution in [0.1, 0.15) is 52.9 Å². The molecule has 2 atom stereocenters. The molecule has 0 aromatic heterocycles. The molecule has 0 radical (unpaired) electrons. The van der Waals surface area contributed by atoms with Gasteiger partial charge in [-0.3, -0.25) is 0 Å². The van der Waals surface area contributed by atoms with Gasteiger partial charge in [-0.2, -0.15) is 0 Å². The second kappa shape index (κ2) is 9.85. The van der Waals surface area contributed by atoms with Gasteiger partial charge < -0.3 is 20.4 Å². The van der Waals surface area contributed by atoms with Crippen molar-refractivity contribution >= 4 is 11.9 Å². The lowest BCUT2D eigenvalue weighted by Gasteiger charge is -2.16. The van der Waals surface area contributed by atoms with Gasteiger partial charge >= 0.3 is 11.9 Å². The number of aliphatic carboxylic acids is 2. The van der Waals surface area contributed by atoms with Crippen LogP contribution in [-0.2, 0) is 9.59 Å². The molecule has 108 valence electrons. The molecule has 0 bridgehead atoms. The summed E-state index contributed by atoms with van der Waals surface area (Å²) in [6.45, 7) is 4.64. The predicted octanol–water partition coefficient (Wildman–Crippen LogP) is 1.24. The molecule has 2 unspecified atom stereocenters. The van der Waals surface area contributed by atoms with Gasteiger partial charge in [0.15, 0.2) is 5.60 Å². The molecule has 0 spiro atoms. The number of aliphatic hydroxyl groups excluding tert-OH is 1. The van der Waals surface area contributed by atoms with Crippen molar-refractivity contribution in [2.24, 2.45) is 0 Å². The number of carboxylic acid groups (broad SMARTS) is 2. The van der Waals surface area contributed by atoms with E-state index >= 15 is 0 Å². The summed E-state index contributed by atoms with van der Waals surface area (Å²) in [7, 11) is 0. The van der Waals surface area contributed by atoms with Crippen molar-refractivity contribution in [1.29, 1.82) is 0 Å². The Morgan fingerprint density at radius 3 is 1.89 bits per heavy atom. The molecule has 0 heterocycles. The molecular weight excluding hydrogens is 240 g/mol. The highest BCUT2D eigenvalue weighted by Gasteiger charge is 2.28. The number of hydrogen-bond donors (Lipinski definition) is 4. The first-order chi connectivity index (χ1) is 8.15. The lowest BCUT2D eigenvalue weighted by molar-refractivity contribution is -0.157. The zero-order valence-electron chi connectivity index (χ0n) is 11.2. The van der Waals surface area contributed by atoms with Crippen molar-refractivity contribution in [3.8, 4) is 0 Å². The maximum Gasteiger partial charge on any atom is 0.335 e. The summed E-state index contributed by atoms with van der Waals surface area (Å²) in [4.78, 5) is 19.9. The quantitative estimate of drug-likeness (QED) is 0.514. The zero-order chi connectivity index (χ0) is 14.8. The van der Waals surface area contributed by atoms with Crippen molar-refractivity contribution in [2.45, 2.75) is 64.6 Å². The number of hydrogen-bond acceptors (Lipinski definition) is 4. The van der Waals surface area contributed by atoms with Gasteiger partial charge in [0, 0.05) is 0 Å². The van der Waals surface area contributed by atoms with E-state index in [0.717, 1.165) is 25.7 Å². The normalized spacial score (nSPS) is 14.9. The molecule has 0 aliphatic rings. The monoisotopic (exact) mass is 264 g/mol. The van der Waals surface area contributed by atoms with Gasteiger partial charge in [-0.15, -0.1) is 0 Å². The van der Waals surface area contributed by atoms with Crippen LogP contribution in [0.4, 0.5) is 0 Å². The molecule has 6 nitrogen and oxygen atoms in total. The average Bonchev–Trinajstić information content (AvgIpc) is 2.25. The van der Waals surface area contributed by atoms with E-state index in [1.165, 1.54) is 13.8 Å². The lowest BCUT2D eigenvalue weighted by atomic mass is 9.98. The highest BCUT2D eigenvalue weighted by atomic mass is 16.4. The van der Waals surface area contributed by atoms with E-state index in [0.29, 0.717) is 6.42 Å². The van der Waals surface area contributed by atoms with Crippen LogP contribution in [0, 0.1) is 0 Å². The molecule has 6 heteroatoms. The minimum absolute atomic E-state index is 0.350. The molecule has 0 saturated heterocycles. The van der Waals surface area contributed by atoms with E-state index in [-0.39, 0.29) is 0 Å². The van der Waals surface area contributed by atoms with E-state index < -0.39 is 23.6 Å². The largest absolute Gasteiger partial charge is 0.479 e. The minimum Gasteiger partial charge on any atom is -0.479 e. The van der Waals surface area contributed by atoms with Gasteiger partial charge in [0.25, 0.3) is 0 Å². The Morgan fingerprint density at radius 2 is 1.61 bits per heavy atom. The van der Waals surface area contributed by atoms with Crippen LogP contribution in [-0.4, -0.2) is 44.1 Å². The fourth-order valence-corrected chi connectivity index (χ4v) is 1.00. The van der Waals surface area contributed by atoms with E-state index in [9.17, 15) is 14.7 Å². The van der Waals surface area contributed by atoms with Crippen molar-refractivity contribution in [3.63, 3.8) is 0 Å². The minimum atomic E-state index is -1.53. The molecule has 0 fully saturated rings. The van der Waals surface area contributed by atoms with Crippen molar-refractivity contribution in [2.75, 3.05) is 0 Å². The number of carboxylic acids is 2. The second-order valence-corrected chi connectivity index (χ2v) is 4.40. The van der Waals surface area contributed by atoms with E-state index in [1.807, 2.05) is 0 Å². The Kier molecular flexibility index (Phi) is 10.5. The molecular formula is C12H24O6. The Bertz CT molecular complexity index is 247. The Labute approximate surface area is 107 Å². The lowest BCUT2D eigenvalue weighted by Crippen LogP contribution is -2.34. The molecule has 18 heavy (non-hydrogen) atoms. The SMILES string of the molecule is CC(O)C(=O)O.CCCCCCC(C)(O)C(=O)O. The molecule has 0 saturated carbocycles. The van der Waals surface area contributed by atoms with Crippen molar-refractivity contribution in [3.05, 3.63) is 0 Å². The maximum absolute atomic E-state index is 10.4. The van der Waals surface area contributed by atoms with Gasteiger partial charge in [0.2, 0.25) is 0 Å². The summed E-state index contributed by atoms with van der Waals surface area (Å²) in [5.74, 6) is -2.31. The van der Waals surface area contributed by atoms with Crippen LogP contribution in [0.3, 0.4) is 0 Å². The molecule has 0 aromatic carbocycles. The van der Waals surface area contributed by atoms with Crippen molar-refractivity contribution < 1.29 is 30.0 Å². The van der Waals surface area contributed by atoms with Crippen LogP contribution >= 0.6 is 0 Å². The van der Waals surface area contributed by atoms with Crippen molar-refractivity contribution in [1.82, 2.24) is 0 Å². The zero-order valence-corrected chi connectivity index (χ0v) is 11.2. The molecule has 0 amide bonds. The Hall–Kier alpha value is -1.14. The molecule has 0 aromatic rings. The summed E-state index contributed by atoms with van der Waals surface area (Å²) in [6.07, 6.45) is 3.13. The van der Waals surface area contributed by atoms with Gasteiger partial charge in [-0.25, -0.2) is 9.59 Å². The first-order valence-corrected chi connectivity index (χ1v) is 6.01. The van der Waals surface area contributed by atoms with Crippen LogP contribution in [0.5, 0.6) is 0 Å². The highest BCUT2D eigenvalue weighted by Crippen LogP contribution is 2.14. The summed E-state index contributed by atoms with van der Waals surface area (Å²) in [5.41, 5.74) is -1.53. The van der Waals surface area contributed by atoms with E-state index in [4.69, 9.17) is 15.3 Å². The van der Waals surface area contributed by atoms with Gasteiger partial charge in [-0.1, -0.05) is 26.2 Å². The summed E-state index contributed by atoms with van der Waals surface area (Å²) in [6, 6.07) is 0. The van der Waals surface area contributed by atoms with Gasteiger partial charge in [-0.05, 0) is 26.7 Å². The third kappa shape index (κ3) is 11.3. The summed E-state index contributed by atoms with van der Waals surface area (Å²) < 4.78 is 0. The topological polar surface area (TPSA) is 115 Å². The fourth-order valence-electron chi connectivity index (χ4n) is 1.00. The molecule has 4 N–H and O–H groups in total. The van der Waals surface area contributed by atoms with Gasteiger partial charge in [0.05, 0.1) is 0 Å². The van der Waals surface area contributed by atoms with Crippen LogP contribution < -0.4 is 0 Å². The Balaban J connectivity index is 0. The van der Waals surface area contributed by atoms with Crippen LogP contribution in [0.15, 0.2) is 0 Å². The summed E-state index contributed by atoms with van der Waals surface area (Å²) in [5, 5.41) is 33.6. The third-order valence-electron chi connectivity index (χ3n) is 2.34. The van der Waals surface area contributed by atoms with E-state index in [1.54, 1.807) is 0 Å². The maximum atomic E-state index is 10.4.